The molecule has 0 saturated carbocycles. The first-order chi connectivity index (χ1) is 11.7. The predicted octanol–water partition coefficient (Wildman–Crippen LogP) is 2.94. The second-order valence-electron chi connectivity index (χ2n) is 5.55. The number of aromatic nitrogens is 1. The van der Waals surface area contributed by atoms with E-state index in [4.69, 9.17) is 4.74 Å². The van der Waals surface area contributed by atoms with Crippen LogP contribution in [0.2, 0.25) is 0 Å². The van der Waals surface area contributed by atoms with E-state index in [0.29, 0.717) is 6.61 Å². The average molecular weight is 347 g/mol. The molecule has 0 aliphatic heterocycles. The Hall–Kier alpha value is -2.08. The molecule has 0 bridgehead atoms. The molecule has 0 aliphatic carbocycles. The third-order valence-corrected chi connectivity index (χ3v) is 4.29. The summed E-state index contributed by atoms with van der Waals surface area (Å²) in [5.74, 6) is 1.74. The molecular formula is C18H26N4OS. The molecule has 0 radical (unpaired) electrons. The lowest BCUT2D eigenvalue weighted by Crippen LogP contribution is -2.39. The van der Waals surface area contributed by atoms with Crippen molar-refractivity contribution in [2.45, 2.75) is 26.7 Å². The number of nitrogens with one attached hydrogen (secondary N) is 2. The topological polar surface area (TPSA) is 58.5 Å². The van der Waals surface area contributed by atoms with Crippen LogP contribution < -0.4 is 15.4 Å². The van der Waals surface area contributed by atoms with Crippen molar-refractivity contribution in [2.75, 3.05) is 26.7 Å². The van der Waals surface area contributed by atoms with Gasteiger partial charge in [0.1, 0.15) is 5.75 Å². The van der Waals surface area contributed by atoms with Crippen LogP contribution in [0.1, 0.15) is 22.7 Å². The van der Waals surface area contributed by atoms with Crippen molar-refractivity contribution < 1.29 is 4.74 Å². The van der Waals surface area contributed by atoms with Gasteiger partial charge in [-0.05, 0) is 32.4 Å². The van der Waals surface area contributed by atoms with Gasteiger partial charge in [-0.15, -0.1) is 11.3 Å². The van der Waals surface area contributed by atoms with Crippen molar-refractivity contribution in [2.24, 2.45) is 4.99 Å². The Morgan fingerprint density at radius 3 is 2.58 bits per heavy atom. The number of nitrogens with zero attached hydrogens (tertiary/aromatic N) is 2. The minimum Gasteiger partial charge on any atom is -0.494 e. The molecular weight excluding hydrogens is 320 g/mol. The fourth-order valence-electron chi connectivity index (χ4n) is 2.16. The summed E-state index contributed by atoms with van der Waals surface area (Å²) in [6, 6.07) is 8.12. The summed E-state index contributed by atoms with van der Waals surface area (Å²) in [6.07, 6.45) is 1.82. The number of guanidine groups is 1. The number of aliphatic imine (C=N–C) groups is 1. The molecule has 2 rings (SSSR count). The van der Waals surface area contributed by atoms with Crippen molar-refractivity contribution >= 4 is 17.3 Å². The van der Waals surface area contributed by atoms with E-state index >= 15 is 0 Å². The maximum atomic E-state index is 5.71. The lowest BCUT2D eigenvalue weighted by atomic mass is 10.2. The Bertz CT molecular complexity index is 637. The summed E-state index contributed by atoms with van der Waals surface area (Å²) >= 11 is 1.69. The van der Waals surface area contributed by atoms with Crippen LogP contribution >= 0.6 is 11.3 Å². The zero-order valence-electron chi connectivity index (χ0n) is 14.6. The zero-order valence-corrected chi connectivity index (χ0v) is 15.4. The van der Waals surface area contributed by atoms with Gasteiger partial charge in [-0.25, -0.2) is 4.98 Å². The molecule has 0 unspecified atom stereocenters. The van der Waals surface area contributed by atoms with Crippen LogP contribution in [0.25, 0.3) is 0 Å². The molecule has 6 heteroatoms. The summed E-state index contributed by atoms with van der Waals surface area (Å²) in [7, 11) is 1.78. The number of hydrogen-bond donors (Lipinski definition) is 2. The van der Waals surface area contributed by atoms with Crippen molar-refractivity contribution in [3.05, 3.63) is 45.9 Å². The smallest absolute Gasteiger partial charge is 0.190 e. The third-order valence-electron chi connectivity index (χ3n) is 3.47. The summed E-state index contributed by atoms with van der Waals surface area (Å²) in [6.45, 7) is 6.43. The summed E-state index contributed by atoms with van der Waals surface area (Å²) in [5, 5.41) is 9.82. The van der Waals surface area contributed by atoms with E-state index in [2.05, 4.69) is 45.0 Å². The number of aryl methyl sites for hydroxylation is 2. The van der Waals surface area contributed by atoms with Gasteiger partial charge in [0.25, 0.3) is 0 Å². The van der Waals surface area contributed by atoms with Crippen LogP contribution in [0.4, 0.5) is 0 Å². The van der Waals surface area contributed by atoms with Crippen molar-refractivity contribution in [1.29, 1.82) is 0 Å². The van der Waals surface area contributed by atoms with E-state index in [-0.39, 0.29) is 0 Å². The van der Waals surface area contributed by atoms with E-state index < -0.39 is 0 Å². The van der Waals surface area contributed by atoms with Gasteiger partial charge >= 0.3 is 0 Å². The number of benzene rings is 1. The van der Waals surface area contributed by atoms with Crippen molar-refractivity contribution in [3.63, 3.8) is 0 Å². The molecule has 0 amide bonds. The lowest BCUT2D eigenvalue weighted by molar-refractivity contribution is 0.311. The van der Waals surface area contributed by atoms with Gasteiger partial charge in [-0.2, -0.15) is 0 Å². The monoisotopic (exact) mass is 346 g/mol. The van der Waals surface area contributed by atoms with E-state index in [0.717, 1.165) is 48.3 Å². The van der Waals surface area contributed by atoms with Crippen LogP contribution in [-0.2, 0) is 6.42 Å². The highest BCUT2D eigenvalue weighted by Gasteiger charge is 2.00. The van der Waals surface area contributed by atoms with Crippen LogP contribution in [0, 0.1) is 13.8 Å². The van der Waals surface area contributed by atoms with Crippen LogP contribution in [0.15, 0.2) is 34.6 Å². The number of ether oxygens (including phenoxy) is 1. The number of rotatable bonds is 8. The highest BCUT2D eigenvalue weighted by Crippen LogP contribution is 2.11. The maximum absolute atomic E-state index is 5.71. The Morgan fingerprint density at radius 2 is 1.92 bits per heavy atom. The van der Waals surface area contributed by atoms with Crippen LogP contribution in [0.3, 0.4) is 0 Å². The first-order valence-corrected chi connectivity index (χ1v) is 9.10. The molecule has 0 spiro atoms. The molecule has 1 heterocycles. The molecule has 1 aromatic carbocycles. The van der Waals surface area contributed by atoms with Crippen molar-refractivity contribution in [3.8, 4) is 5.75 Å². The van der Waals surface area contributed by atoms with E-state index in [1.165, 1.54) is 5.56 Å². The predicted molar refractivity (Wildman–Crippen MR) is 101 cm³/mol. The van der Waals surface area contributed by atoms with E-state index in [9.17, 15) is 0 Å². The van der Waals surface area contributed by atoms with Gasteiger partial charge < -0.3 is 15.4 Å². The second-order valence-corrected chi connectivity index (χ2v) is 6.61. The van der Waals surface area contributed by atoms with Crippen molar-refractivity contribution in [1.82, 2.24) is 15.6 Å². The van der Waals surface area contributed by atoms with Gasteiger partial charge in [0.2, 0.25) is 0 Å². The Labute approximate surface area is 148 Å². The van der Waals surface area contributed by atoms with Gasteiger partial charge in [0.05, 0.1) is 17.3 Å². The summed E-state index contributed by atoms with van der Waals surface area (Å²) in [4.78, 5) is 8.68. The fraction of sp³-hybridized carbons (Fsp3) is 0.444. The van der Waals surface area contributed by atoms with E-state index in [1.807, 2.05) is 19.1 Å². The Kier molecular flexibility index (Phi) is 7.55. The molecule has 130 valence electrons. The second kappa shape index (κ2) is 9.93. The molecule has 5 nitrogen and oxygen atoms in total. The Balaban J connectivity index is 1.57. The maximum Gasteiger partial charge on any atom is 0.190 e. The molecule has 0 fully saturated rings. The molecule has 0 saturated heterocycles. The highest BCUT2D eigenvalue weighted by atomic mass is 32.1. The molecule has 2 N–H and O–H groups in total. The first-order valence-electron chi connectivity index (χ1n) is 8.22. The quantitative estimate of drug-likeness (QED) is 0.438. The standard InChI is InChI=1S/C18H26N4OS/c1-14-5-7-17(8-6-14)23-12-4-10-20-18(19-3)21-11-9-16-13-24-15(2)22-16/h5-8,13H,4,9-12H2,1-3H3,(H2,19,20,21). The Morgan fingerprint density at radius 1 is 1.17 bits per heavy atom. The SMILES string of the molecule is CN=C(NCCCOc1ccc(C)cc1)NCCc1csc(C)n1. The van der Waals surface area contributed by atoms with Crippen LogP contribution in [-0.4, -0.2) is 37.7 Å². The van der Waals surface area contributed by atoms with Gasteiger partial charge in [-0.3, -0.25) is 4.99 Å². The fourth-order valence-corrected chi connectivity index (χ4v) is 2.80. The third kappa shape index (κ3) is 6.58. The minimum absolute atomic E-state index is 0.686. The normalized spacial score (nSPS) is 11.4. The number of thiazole rings is 1. The van der Waals surface area contributed by atoms with Crippen LogP contribution in [0.5, 0.6) is 5.75 Å². The largest absolute Gasteiger partial charge is 0.494 e. The zero-order chi connectivity index (χ0) is 17.2. The molecule has 0 atom stereocenters. The molecule has 0 aliphatic rings. The van der Waals surface area contributed by atoms with Gasteiger partial charge in [0.15, 0.2) is 5.96 Å². The molecule has 1 aromatic heterocycles. The van der Waals surface area contributed by atoms with Gasteiger partial charge in [0, 0.05) is 31.9 Å². The number of hydrogen-bond acceptors (Lipinski definition) is 4. The van der Waals surface area contributed by atoms with Gasteiger partial charge in [-0.1, -0.05) is 17.7 Å². The highest BCUT2D eigenvalue weighted by molar-refractivity contribution is 7.09. The first kappa shape index (κ1) is 18.3. The lowest BCUT2D eigenvalue weighted by Gasteiger charge is -2.12. The molecule has 2 aromatic rings. The summed E-state index contributed by atoms with van der Waals surface area (Å²) in [5.41, 5.74) is 2.37. The molecule has 24 heavy (non-hydrogen) atoms. The minimum atomic E-state index is 0.686. The average Bonchev–Trinajstić information content (AvgIpc) is 3.00. The summed E-state index contributed by atoms with van der Waals surface area (Å²) < 4.78 is 5.71. The van der Waals surface area contributed by atoms with E-state index in [1.54, 1.807) is 18.4 Å².